The summed E-state index contributed by atoms with van der Waals surface area (Å²) in [4.78, 5) is 0. The first-order valence-electron chi connectivity index (χ1n) is 4.16. The second-order valence-corrected chi connectivity index (χ2v) is 2.93. The fourth-order valence-corrected chi connectivity index (χ4v) is 1.02. The molecule has 0 aromatic heterocycles. The van der Waals surface area contributed by atoms with Crippen LogP contribution in [0.5, 0.6) is 0 Å². The van der Waals surface area contributed by atoms with Crippen LogP contribution in [-0.2, 0) is 0 Å². The van der Waals surface area contributed by atoms with Crippen molar-refractivity contribution in [2.75, 3.05) is 0 Å². The third kappa shape index (κ3) is 2.75. The number of rotatable bonds is 2. The van der Waals surface area contributed by atoms with Crippen LogP contribution in [-0.4, -0.2) is 10.9 Å². The van der Waals surface area contributed by atoms with Gasteiger partial charge in [0.2, 0.25) is 0 Å². The topological polar surface area (TPSA) is 32.6 Å². The van der Waals surface area contributed by atoms with Gasteiger partial charge in [-0.3, -0.25) is 0 Å². The molecule has 68 valence electrons. The van der Waals surface area contributed by atoms with Crippen LogP contribution in [0, 0.1) is 6.92 Å². The molecular weight excluding hydrogens is 162 g/mol. The Bertz CT molecular complexity index is 340. The van der Waals surface area contributed by atoms with E-state index in [9.17, 15) is 0 Å². The zero-order chi connectivity index (χ0) is 9.68. The van der Waals surface area contributed by atoms with Gasteiger partial charge in [0.1, 0.15) is 0 Å². The minimum Gasteiger partial charge on any atom is -0.411 e. The van der Waals surface area contributed by atoms with Crippen molar-refractivity contribution in [2.24, 2.45) is 5.16 Å². The third-order valence-electron chi connectivity index (χ3n) is 1.85. The number of oxime groups is 1. The molecule has 0 unspecified atom stereocenters. The van der Waals surface area contributed by atoms with Crippen LogP contribution in [0.25, 0.3) is 6.08 Å². The van der Waals surface area contributed by atoms with E-state index in [4.69, 9.17) is 5.21 Å². The minimum atomic E-state index is 0.600. The molecule has 0 aliphatic heterocycles. The van der Waals surface area contributed by atoms with E-state index in [0.717, 1.165) is 5.56 Å². The van der Waals surface area contributed by atoms with Crippen LogP contribution in [0.2, 0.25) is 0 Å². The highest BCUT2D eigenvalue weighted by atomic mass is 16.4. The summed E-state index contributed by atoms with van der Waals surface area (Å²) < 4.78 is 0. The number of hydrogen-bond donors (Lipinski definition) is 1. The number of hydrogen-bond acceptors (Lipinski definition) is 2. The summed E-state index contributed by atoms with van der Waals surface area (Å²) in [7, 11) is 0. The van der Waals surface area contributed by atoms with Crippen molar-refractivity contribution in [1.82, 2.24) is 0 Å². The lowest BCUT2D eigenvalue weighted by Crippen LogP contribution is -1.84. The molecule has 0 saturated heterocycles. The van der Waals surface area contributed by atoms with Gasteiger partial charge < -0.3 is 5.21 Å². The second kappa shape index (κ2) is 4.45. The second-order valence-electron chi connectivity index (χ2n) is 2.93. The van der Waals surface area contributed by atoms with Crippen molar-refractivity contribution in [3.8, 4) is 0 Å². The molecular formula is C11H13NO. The molecule has 0 heterocycles. The molecule has 0 bridgehead atoms. The Morgan fingerprint density at radius 3 is 2.69 bits per heavy atom. The predicted octanol–water partition coefficient (Wildman–Crippen LogP) is 2.86. The highest BCUT2D eigenvalue weighted by Gasteiger charge is 1.90. The molecule has 0 aliphatic rings. The summed E-state index contributed by atoms with van der Waals surface area (Å²) in [6.45, 7) is 3.79. The summed E-state index contributed by atoms with van der Waals surface area (Å²) in [5.74, 6) is 0. The van der Waals surface area contributed by atoms with E-state index in [0.29, 0.717) is 5.71 Å². The lowest BCUT2D eigenvalue weighted by Gasteiger charge is -1.97. The molecule has 1 rings (SSSR count). The van der Waals surface area contributed by atoms with Gasteiger partial charge in [-0.2, -0.15) is 0 Å². The Hall–Kier alpha value is -1.57. The van der Waals surface area contributed by atoms with Gasteiger partial charge in [-0.25, -0.2) is 0 Å². The number of benzene rings is 1. The van der Waals surface area contributed by atoms with Crippen LogP contribution in [0.15, 0.2) is 35.5 Å². The molecule has 1 aromatic rings. The van der Waals surface area contributed by atoms with Crippen molar-refractivity contribution in [3.63, 3.8) is 0 Å². The number of aryl methyl sites for hydroxylation is 1. The fourth-order valence-electron chi connectivity index (χ4n) is 1.02. The van der Waals surface area contributed by atoms with Gasteiger partial charge in [-0.05, 0) is 31.1 Å². The van der Waals surface area contributed by atoms with E-state index in [1.165, 1.54) is 5.56 Å². The first kappa shape index (κ1) is 9.52. The SMILES string of the molecule is CC(C=Cc1ccccc1C)=NO. The predicted molar refractivity (Wildman–Crippen MR) is 55.1 cm³/mol. The Kier molecular flexibility index (Phi) is 3.26. The average molecular weight is 175 g/mol. The standard InChI is InChI=1S/C11H13NO/c1-9-5-3-4-6-11(9)8-7-10(2)12-13/h3-8,13H,1-2H3. The summed E-state index contributed by atoms with van der Waals surface area (Å²) in [5.41, 5.74) is 2.96. The molecule has 13 heavy (non-hydrogen) atoms. The van der Waals surface area contributed by atoms with Crippen LogP contribution < -0.4 is 0 Å². The summed E-state index contributed by atoms with van der Waals surface area (Å²) in [6.07, 6.45) is 3.72. The lowest BCUT2D eigenvalue weighted by molar-refractivity contribution is 0.319. The van der Waals surface area contributed by atoms with Crippen molar-refractivity contribution >= 4 is 11.8 Å². The number of nitrogens with zero attached hydrogens (tertiary/aromatic N) is 1. The first-order chi connectivity index (χ1) is 6.24. The van der Waals surface area contributed by atoms with Crippen molar-refractivity contribution in [1.29, 1.82) is 0 Å². The van der Waals surface area contributed by atoms with Gasteiger partial charge in [0, 0.05) is 0 Å². The Labute approximate surface area is 78.2 Å². The lowest BCUT2D eigenvalue weighted by atomic mass is 10.1. The van der Waals surface area contributed by atoms with E-state index >= 15 is 0 Å². The summed E-state index contributed by atoms with van der Waals surface area (Å²) in [6, 6.07) is 8.05. The number of allylic oxidation sites excluding steroid dienone is 1. The van der Waals surface area contributed by atoms with Gasteiger partial charge >= 0.3 is 0 Å². The molecule has 0 spiro atoms. The average Bonchev–Trinajstić information content (AvgIpc) is 2.16. The summed E-state index contributed by atoms with van der Waals surface area (Å²) in [5, 5.41) is 11.5. The maximum atomic E-state index is 8.42. The van der Waals surface area contributed by atoms with Crippen LogP contribution in [0.3, 0.4) is 0 Å². The van der Waals surface area contributed by atoms with E-state index in [2.05, 4.69) is 5.16 Å². The van der Waals surface area contributed by atoms with Crippen molar-refractivity contribution in [3.05, 3.63) is 41.5 Å². The Balaban J connectivity index is 2.86. The van der Waals surface area contributed by atoms with Crippen LogP contribution >= 0.6 is 0 Å². The van der Waals surface area contributed by atoms with Crippen molar-refractivity contribution < 1.29 is 5.21 Å². The Morgan fingerprint density at radius 2 is 2.08 bits per heavy atom. The monoisotopic (exact) mass is 175 g/mol. The van der Waals surface area contributed by atoms with Gasteiger partial charge in [-0.1, -0.05) is 35.5 Å². The zero-order valence-corrected chi connectivity index (χ0v) is 7.86. The minimum absolute atomic E-state index is 0.600. The largest absolute Gasteiger partial charge is 0.411 e. The highest BCUT2D eigenvalue weighted by molar-refractivity contribution is 5.95. The first-order valence-corrected chi connectivity index (χ1v) is 4.16. The molecule has 0 atom stereocenters. The van der Waals surface area contributed by atoms with Gasteiger partial charge in [0.25, 0.3) is 0 Å². The molecule has 0 fully saturated rings. The molecule has 1 aromatic carbocycles. The third-order valence-corrected chi connectivity index (χ3v) is 1.85. The molecule has 0 saturated carbocycles. The van der Waals surface area contributed by atoms with Crippen LogP contribution in [0.1, 0.15) is 18.1 Å². The highest BCUT2D eigenvalue weighted by Crippen LogP contribution is 2.08. The van der Waals surface area contributed by atoms with E-state index in [1.54, 1.807) is 13.0 Å². The summed E-state index contributed by atoms with van der Waals surface area (Å²) >= 11 is 0. The van der Waals surface area contributed by atoms with Gasteiger partial charge in [0.15, 0.2) is 0 Å². The van der Waals surface area contributed by atoms with Crippen LogP contribution in [0.4, 0.5) is 0 Å². The smallest absolute Gasteiger partial charge is 0.0765 e. The molecule has 1 N–H and O–H groups in total. The molecule has 0 radical (unpaired) electrons. The maximum absolute atomic E-state index is 8.42. The van der Waals surface area contributed by atoms with Gasteiger partial charge in [0.05, 0.1) is 5.71 Å². The maximum Gasteiger partial charge on any atom is 0.0765 e. The molecule has 0 amide bonds. The van der Waals surface area contributed by atoms with Crippen molar-refractivity contribution in [2.45, 2.75) is 13.8 Å². The normalized spacial score (nSPS) is 12.3. The molecule has 2 nitrogen and oxygen atoms in total. The van der Waals surface area contributed by atoms with Gasteiger partial charge in [-0.15, -0.1) is 0 Å². The quantitative estimate of drug-likeness (QED) is 0.418. The van der Waals surface area contributed by atoms with E-state index in [1.807, 2.05) is 37.3 Å². The molecule has 2 heteroatoms. The van der Waals surface area contributed by atoms with E-state index < -0.39 is 0 Å². The fraction of sp³-hybridized carbons (Fsp3) is 0.182. The zero-order valence-electron chi connectivity index (χ0n) is 7.86. The van der Waals surface area contributed by atoms with E-state index in [-0.39, 0.29) is 0 Å². The Morgan fingerprint density at radius 1 is 1.38 bits per heavy atom. The molecule has 0 aliphatic carbocycles.